The Balaban J connectivity index is 2.43. The fourth-order valence-electron chi connectivity index (χ4n) is 1.68. The van der Waals surface area contributed by atoms with Gasteiger partial charge >= 0.3 is 5.97 Å². The molecule has 0 spiro atoms. The molecule has 0 radical (unpaired) electrons. The lowest BCUT2D eigenvalue weighted by molar-refractivity contribution is 0.0690. The van der Waals surface area contributed by atoms with Crippen LogP contribution in [-0.4, -0.2) is 21.0 Å². The summed E-state index contributed by atoms with van der Waals surface area (Å²) in [6.45, 7) is 4.02. The normalized spacial score (nSPS) is 10.2. The van der Waals surface area contributed by atoms with Crippen LogP contribution in [0.15, 0.2) is 30.6 Å². The quantitative estimate of drug-likeness (QED) is 0.857. The molecule has 0 unspecified atom stereocenters. The molecule has 2 rings (SSSR count). The van der Waals surface area contributed by atoms with Crippen molar-refractivity contribution < 1.29 is 9.90 Å². The monoisotopic (exact) mass is 228 g/mol. The van der Waals surface area contributed by atoms with Gasteiger partial charge < -0.3 is 5.11 Å². The first-order chi connectivity index (χ1) is 8.08. The number of nitrogens with zero attached hydrogens (tertiary/aromatic N) is 2. The minimum absolute atomic E-state index is 0.0430. The van der Waals surface area contributed by atoms with Crippen LogP contribution in [0.2, 0.25) is 0 Å². The topological polar surface area (TPSA) is 63.1 Å². The second-order valence-corrected chi connectivity index (χ2v) is 3.91. The molecule has 2 aromatic rings. The molecule has 1 N–H and O–H groups in total. The molecule has 0 atom stereocenters. The lowest BCUT2D eigenvalue weighted by Crippen LogP contribution is -2.01. The van der Waals surface area contributed by atoms with Crippen LogP contribution in [0.4, 0.5) is 0 Å². The third-order valence-electron chi connectivity index (χ3n) is 2.53. The van der Waals surface area contributed by atoms with Crippen LogP contribution in [0.25, 0.3) is 11.3 Å². The first kappa shape index (κ1) is 11.3. The van der Waals surface area contributed by atoms with Crippen molar-refractivity contribution in [2.45, 2.75) is 13.8 Å². The van der Waals surface area contributed by atoms with E-state index in [-0.39, 0.29) is 5.69 Å². The van der Waals surface area contributed by atoms with Gasteiger partial charge in [-0.25, -0.2) is 9.78 Å². The Morgan fingerprint density at radius 1 is 1.18 bits per heavy atom. The summed E-state index contributed by atoms with van der Waals surface area (Å²) in [6.07, 6.45) is 2.76. The molecule has 17 heavy (non-hydrogen) atoms. The zero-order chi connectivity index (χ0) is 12.4. The van der Waals surface area contributed by atoms with Gasteiger partial charge in [0.15, 0.2) is 5.69 Å². The molecular weight excluding hydrogens is 216 g/mol. The number of benzene rings is 1. The Labute approximate surface area is 99.0 Å². The fraction of sp³-hybridized carbons (Fsp3) is 0.154. The van der Waals surface area contributed by atoms with Gasteiger partial charge in [0.25, 0.3) is 0 Å². The molecule has 1 aromatic carbocycles. The molecule has 0 fully saturated rings. The Morgan fingerprint density at radius 2 is 1.94 bits per heavy atom. The number of carbonyl (C=O) groups is 1. The zero-order valence-electron chi connectivity index (χ0n) is 9.64. The Kier molecular flexibility index (Phi) is 2.87. The number of aryl methyl sites for hydroxylation is 2. The molecule has 0 aliphatic carbocycles. The van der Waals surface area contributed by atoms with Gasteiger partial charge in [0.05, 0.1) is 18.1 Å². The third kappa shape index (κ3) is 2.30. The molecule has 4 heteroatoms. The first-order valence-electron chi connectivity index (χ1n) is 5.21. The molecule has 86 valence electrons. The molecule has 0 amide bonds. The summed E-state index contributed by atoms with van der Waals surface area (Å²) < 4.78 is 0. The van der Waals surface area contributed by atoms with Gasteiger partial charge in [-0.15, -0.1) is 0 Å². The van der Waals surface area contributed by atoms with Crippen LogP contribution in [0.3, 0.4) is 0 Å². The molecular formula is C13H12N2O2. The van der Waals surface area contributed by atoms with E-state index in [9.17, 15) is 4.79 Å². The molecule has 0 saturated carbocycles. The summed E-state index contributed by atoms with van der Waals surface area (Å²) in [5.41, 5.74) is 3.90. The van der Waals surface area contributed by atoms with Gasteiger partial charge in [-0.1, -0.05) is 23.8 Å². The smallest absolute Gasteiger partial charge is 0.356 e. The van der Waals surface area contributed by atoms with Crippen LogP contribution in [0, 0.1) is 13.8 Å². The van der Waals surface area contributed by atoms with E-state index in [2.05, 4.69) is 16.0 Å². The SMILES string of the molecule is Cc1ccc(-c2cnc(C(=O)O)cn2)c(C)c1. The maximum Gasteiger partial charge on any atom is 0.356 e. The van der Waals surface area contributed by atoms with Crippen LogP contribution >= 0.6 is 0 Å². The van der Waals surface area contributed by atoms with E-state index in [0.29, 0.717) is 5.69 Å². The summed E-state index contributed by atoms with van der Waals surface area (Å²) in [4.78, 5) is 18.6. The summed E-state index contributed by atoms with van der Waals surface area (Å²) in [5.74, 6) is -1.07. The van der Waals surface area contributed by atoms with Crippen molar-refractivity contribution in [3.63, 3.8) is 0 Å². The van der Waals surface area contributed by atoms with Crippen molar-refractivity contribution in [1.82, 2.24) is 9.97 Å². The van der Waals surface area contributed by atoms with Gasteiger partial charge in [-0.3, -0.25) is 4.98 Å². The molecule has 0 aliphatic rings. The van der Waals surface area contributed by atoms with E-state index >= 15 is 0 Å². The highest BCUT2D eigenvalue weighted by Gasteiger charge is 2.07. The molecule has 0 saturated heterocycles. The maximum absolute atomic E-state index is 10.7. The Bertz CT molecular complexity index is 562. The lowest BCUT2D eigenvalue weighted by atomic mass is 10.0. The van der Waals surface area contributed by atoms with E-state index in [1.165, 1.54) is 18.0 Å². The molecule has 0 bridgehead atoms. The highest BCUT2D eigenvalue weighted by molar-refractivity contribution is 5.85. The van der Waals surface area contributed by atoms with E-state index in [4.69, 9.17) is 5.11 Å². The maximum atomic E-state index is 10.7. The lowest BCUT2D eigenvalue weighted by Gasteiger charge is -2.05. The van der Waals surface area contributed by atoms with Crippen LogP contribution < -0.4 is 0 Å². The van der Waals surface area contributed by atoms with Crippen molar-refractivity contribution in [3.8, 4) is 11.3 Å². The van der Waals surface area contributed by atoms with Crippen molar-refractivity contribution in [2.24, 2.45) is 0 Å². The number of aromatic nitrogens is 2. The highest BCUT2D eigenvalue weighted by Crippen LogP contribution is 2.21. The molecule has 4 nitrogen and oxygen atoms in total. The number of hydrogen-bond donors (Lipinski definition) is 1. The van der Waals surface area contributed by atoms with E-state index in [0.717, 1.165) is 11.1 Å². The van der Waals surface area contributed by atoms with Crippen LogP contribution in [0.1, 0.15) is 21.6 Å². The average Bonchev–Trinajstić information content (AvgIpc) is 2.29. The van der Waals surface area contributed by atoms with Crippen LogP contribution in [-0.2, 0) is 0 Å². The Hall–Kier alpha value is -2.23. The van der Waals surface area contributed by atoms with Gasteiger partial charge in [0.2, 0.25) is 0 Å². The van der Waals surface area contributed by atoms with E-state index < -0.39 is 5.97 Å². The van der Waals surface area contributed by atoms with Crippen molar-refractivity contribution in [1.29, 1.82) is 0 Å². The van der Waals surface area contributed by atoms with Crippen molar-refractivity contribution in [2.75, 3.05) is 0 Å². The highest BCUT2D eigenvalue weighted by atomic mass is 16.4. The second kappa shape index (κ2) is 4.33. The number of aromatic carboxylic acids is 1. The zero-order valence-corrected chi connectivity index (χ0v) is 9.64. The summed E-state index contributed by atoms with van der Waals surface area (Å²) in [7, 11) is 0. The largest absolute Gasteiger partial charge is 0.476 e. The van der Waals surface area contributed by atoms with Crippen LogP contribution in [0.5, 0.6) is 0 Å². The van der Waals surface area contributed by atoms with Gasteiger partial charge in [0, 0.05) is 5.56 Å². The molecule has 1 aromatic heterocycles. The van der Waals surface area contributed by atoms with Gasteiger partial charge in [-0.2, -0.15) is 0 Å². The minimum atomic E-state index is -1.07. The predicted octanol–water partition coefficient (Wildman–Crippen LogP) is 2.46. The van der Waals surface area contributed by atoms with Gasteiger partial charge in [0.1, 0.15) is 0 Å². The third-order valence-corrected chi connectivity index (χ3v) is 2.53. The fourth-order valence-corrected chi connectivity index (χ4v) is 1.68. The predicted molar refractivity (Wildman–Crippen MR) is 63.9 cm³/mol. The second-order valence-electron chi connectivity index (χ2n) is 3.91. The number of hydrogen-bond acceptors (Lipinski definition) is 3. The van der Waals surface area contributed by atoms with E-state index in [1.807, 2.05) is 26.0 Å². The number of rotatable bonds is 2. The average molecular weight is 228 g/mol. The first-order valence-corrected chi connectivity index (χ1v) is 5.21. The van der Waals surface area contributed by atoms with Crippen molar-refractivity contribution >= 4 is 5.97 Å². The summed E-state index contributed by atoms with van der Waals surface area (Å²) >= 11 is 0. The summed E-state index contributed by atoms with van der Waals surface area (Å²) in [6, 6.07) is 6.02. The number of carboxylic acids is 1. The minimum Gasteiger partial charge on any atom is -0.476 e. The molecule has 0 aliphatic heterocycles. The standard InChI is InChI=1S/C13H12N2O2/c1-8-3-4-10(9(2)5-8)11-6-15-12(7-14-11)13(16)17/h3-7H,1-2H3,(H,16,17). The van der Waals surface area contributed by atoms with E-state index in [1.54, 1.807) is 0 Å². The Morgan fingerprint density at radius 3 is 2.47 bits per heavy atom. The van der Waals surface area contributed by atoms with Crippen molar-refractivity contribution in [3.05, 3.63) is 47.4 Å². The van der Waals surface area contributed by atoms with Gasteiger partial charge in [-0.05, 0) is 19.4 Å². The summed E-state index contributed by atoms with van der Waals surface area (Å²) in [5, 5.41) is 8.73. The number of carboxylic acid groups (broad SMARTS) is 1. The molecule has 1 heterocycles.